The van der Waals surface area contributed by atoms with Crippen molar-refractivity contribution in [1.29, 1.82) is 0 Å². The second kappa shape index (κ2) is 13.0. The molecule has 5 heteroatoms. The molecule has 1 aliphatic heterocycles. The van der Waals surface area contributed by atoms with Gasteiger partial charge in [0.25, 0.3) is 0 Å². The molecule has 0 bridgehead atoms. The second-order valence-electron chi connectivity index (χ2n) is 7.86. The fourth-order valence-electron chi connectivity index (χ4n) is 3.94. The van der Waals surface area contributed by atoms with E-state index in [2.05, 4.69) is 11.8 Å². The van der Waals surface area contributed by atoms with E-state index in [1.54, 1.807) is 0 Å². The van der Waals surface area contributed by atoms with Gasteiger partial charge in [-0.3, -0.25) is 9.69 Å². The Bertz CT molecular complexity index is 546. The van der Waals surface area contributed by atoms with E-state index in [1.807, 2.05) is 30.3 Å². The third-order valence-corrected chi connectivity index (χ3v) is 5.72. The molecule has 0 aliphatic carbocycles. The van der Waals surface area contributed by atoms with Gasteiger partial charge in [0.1, 0.15) is 5.78 Å². The van der Waals surface area contributed by atoms with Gasteiger partial charge >= 0.3 is 0 Å². The van der Waals surface area contributed by atoms with Crippen LogP contribution in [0.5, 0.6) is 0 Å². The molecule has 3 N–H and O–H groups in total. The average Bonchev–Trinajstić information content (AvgIpc) is 2.74. The van der Waals surface area contributed by atoms with Crippen LogP contribution in [-0.2, 0) is 9.53 Å². The van der Waals surface area contributed by atoms with Gasteiger partial charge in [-0.15, -0.1) is 0 Å². The minimum Gasteiger partial charge on any atom is -0.388 e. The van der Waals surface area contributed by atoms with E-state index in [9.17, 15) is 9.90 Å². The molecule has 28 heavy (non-hydrogen) atoms. The van der Waals surface area contributed by atoms with Crippen molar-refractivity contribution in [3.63, 3.8) is 0 Å². The summed E-state index contributed by atoms with van der Waals surface area (Å²) >= 11 is 0. The maximum atomic E-state index is 13.1. The Kier molecular flexibility index (Phi) is 10.7. The smallest absolute Gasteiger partial charge is 0.141 e. The van der Waals surface area contributed by atoms with Crippen LogP contribution >= 0.6 is 0 Å². The molecule has 0 spiro atoms. The molecule has 1 aliphatic rings. The van der Waals surface area contributed by atoms with E-state index in [0.29, 0.717) is 32.7 Å². The lowest BCUT2D eigenvalue weighted by atomic mass is 9.86. The number of hydrogen-bond donors (Lipinski definition) is 2. The summed E-state index contributed by atoms with van der Waals surface area (Å²) in [4.78, 5) is 15.2. The van der Waals surface area contributed by atoms with E-state index < -0.39 is 18.2 Å². The van der Waals surface area contributed by atoms with Crippen molar-refractivity contribution in [2.45, 2.75) is 70.6 Å². The number of ketones is 1. The first-order valence-electron chi connectivity index (χ1n) is 11.0. The predicted molar refractivity (Wildman–Crippen MR) is 113 cm³/mol. The Hall–Kier alpha value is -1.27. The highest BCUT2D eigenvalue weighted by Crippen LogP contribution is 2.28. The van der Waals surface area contributed by atoms with Crippen LogP contribution in [-0.4, -0.2) is 48.3 Å². The van der Waals surface area contributed by atoms with Gasteiger partial charge in [0, 0.05) is 19.5 Å². The number of rotatable bonds is 13. The van der Waals surface area contributed by atoms with Crippen LogP contribution in [0.25, 0.3) is 0 Å². The van der Waals surface area contributed by atoms with Crippen LogP contribution in [0, 0.1) is 5.92 Å². The Morgan fingerprint density at radius 3 is 2.32 bits per heavy atom. The van der Waals surface area contributed by atoms with Crippen molar-refractivity contribution in [1.82, 2.24) is 4.90 Å². The largest absolute Gasteiger partial charge is 0.388 e. The number of nitrogens with two attached hydrogens (primary N) is 1. The number of carbonyl (C=O) groups is 1. The van der Waals surface area contributed by atoms with E-state index in [1.165, 1.54) is 32.1 Å². The highest BCUT2D eigenvalue weighted by molar-refractivity contribution is 5.82. The first kappa shape index (κ1) is 23.0. The van der Waals surface area contributed by atoms with Crippen LogP contribution in [0.3, 0.4) is 0 Å². The summed E-state index contributed by atoms with van der Waals surface area (Å²) in [5.41, 5.74) is 7.26. The molecule has 3 atom stereocenters. The zero-order chi connectivity index (χ0) is 20.2. The summed E-state index contributed by atoms with van der Waals surface area (Å²) in [7, 11) is 0. The molecule has 1 heterocycles. The molecule has 0 radical (unpaired) electrons. The zero-order valence-electron chi connectivity index (χ0n) is 17.4. The minimum atomic E-state index is -0.879. The van der Waals surface area contributed by atoms with Crippen molar-refractivity contribution >= 4 is 5.78 Å². The molecule has 0 aromatic heterocycles. The predicted octanol–water partition coefficient (Wildman–Crippen LogP) is 3.66. The Morgan fingerprint density at radius 2 is 1.68 bits per heavy atom. The number of Topliss-reactive ketones (excluding diaryl/α,β-unsaturated/α-hetero) is 1. The molecule has 1 fully saturated rings. The van der Waals surface area contributed by atoms with E-state index in [0.717, 1.165) is 18.4 Å². The number of benzene rings is 1. The number of unbranched alkanes of at least 4 members (excludes halogenated alkanes) is 6. The van der Waals surface area contributed by atoms with Crippen molar-refractivity contribution in [3.8, 4) is 0 Å². The molecule has 0 amide bonds. The van der Waals surface area contributed by atoms with Crippen LogP contribution < -0.4 is 5.73 Å². The van der Waals surface area contributed by atoms with Gasteiger partial charge in [-0.25, -0.2) is 0 Å². The maximum absolute atomic E-state index is 13.1. The molecule has 2 rings (SSSR count). The van der Waals surface area contributed by atoms with Crippen LogP contribution in [0.15, 0.2) is 30.3 Å². The Labute approximate surface area is 170 Å². The van der Waals surface area contributed by atoms with Gasteiger partial charge in [0.2, 0.25) is 0 Å². The number of nitrogens with zero attached hydrogens (tertiary/aromatic N) is 1. The number of morpholine rings is 1. The minimum absolute atomic E-state index is 0.0731. The summed E-state index contributed by atoms with van der Waals surface area (Å²) < 4.78 is 5.41. The lowest BCUT2D eigenvalue weighted by Gasteiger charge is -2.38. The number of ether oxygens (including phenoxy) is 1. The second-order valence-corrected chi connectivity index (χ2v) is 7.86. The van der Waals surface area contributed by atoms with Gasteiger partial charge in [0.15, 0.2) is 0 Å². The number of aliphatic hydroxyl groups excluding tert-OH is 1. The first-order valence-corrected chi connectivity index (χ1v) is 11.0. The summed E-state index contributed by atoms with van der Waals surface area (Å²) in [6.07, 6.45) is 7.29. The van der Waals surface area contributed by atoms with E-state index in [-0.39, 0.29) is 5.78 Å². The maximum Gasteiger partial charge on any atom is 0.141 e. The standard InChI is InChI=1S/C23H38N2O3/c1-2-3-4-5-6-7-11-14-20(26)21(22(27)19-12-9-8-10-13-19)23(24)25-15-17-28-18-16-25/h8-10,12-13,21-23,27H,2-7,11,14-18,24H2,1H3. The molecule has 1 saturated heterocycles. The monoisotopic (exact) mass is 390 g/mol. The van der Waals surface area contributed by atoms with E-state index >= 15 is 0 Å². The van der Waals surface area contributed by atoms with Gasteiger partial charge < -0.3 is 15.6 Å². The zero-order valence-corrected chi connectivity index (χ0v) is 17.4. The highest BCUT2D eigenvalue weighted by atomic mass is 16.5. The summed E-state index contributed by atoms with van der Waals surface area (Å²) in [5, 5.41) is 11.0. The van der Waals surface area contributed by atoms with Crippen molar-refractivity contribution in [3.05, 3.63) is 35.9 Å². The van der Waals surface area contributed by atoms with Crippen molar-refractivity contribution in [2.24, 2.45) is 11.7 Å². The Balaban J connectivity index is 1.95. The molecule has 5 nitrogen and oxygen atoms in total. The van der Waals surface area contributed by atoms with Crippen molar-refractivity contribution in [2.75, 3.05) is 26.3 Å². The van der Waals surface area contributed by atoms with Gasteiger partial charge in [0.05, 0.1) is 31.4 Å². The fraction of sp³-hybridized carbons (Fsp3) is 0.696. The lowest BCUT2D eigenvalue weighted by molar-refractivity contribution is -0.131. The topological polar surface area (TPSA) is 75.8 Å². The van der Waals surface area contributed by atoms with Crippen LogP contribution in [0.4, 0.5) is 0 Å². The summed E-state index contributed by atoms with van der Waals surface area (Å²) in [6, 6.07) is 9.41. The van der Waals surface area contributed by atoms with Gasteiger partial charge in [-0.05, 0) is 12.0 Å². The van der Waals surface area contributed by atoms with Crippen LogP contribution in [0.1, 0.15) is 70.0 Å². The molecular formula is C23H38N2O3. The average molecular weight is 391 g/mol. The van der Waals surface area contributed by atoms with E-state index in [4.69, 9.17) is 10.5 Å². The molecule has 1 aromatic rings. The van der Waals surface area contributed by atoms with Crippen molar-refractivity contribution < 1.29 is 14.6 Å². The molecule has 158 valence electrons. The van der Waals surface area contributed by atoms with Crippen LogP contribution in [0.2, 0.25) is 0 Å². The molecule has 0 saturated carbocycles. The lowest BCUT2D eigenvalue weighted by Crippen LogP contribution is -2.55. The molecular weight excluding hydrogens is 352 g/mol. The third-order valence-electron chi connectivity index (χ3n) is 5.72. The summed E-state index contributed by atoms with van der Waals surface area (Å²) in [6.45, 7) is 4.85. The van der Waals surface area contributed by atoms with Gasteiger partial charge in [-0.1, -0.05) is 75.8 Å². The highest BCUT2D eigenvalue weighted by Gasteiger charge is 2.36. The molecule has 1 aromatic carbocycles. The Morgan fingerprint density at radius 1 is 1.07 bits per heavy atom. The number of carbonyl (C=O) groups excluding carboxylic acids is 1. The van der Waals surface area contributed by atoms with Gasteiger partial charge in [-0.2, -0.15) is 0 Å². The normalized spacial score (nSPS) is 18.5. The fourth-order valence-corrected chi connectivity index (χ4v) is 3.94. The number of hydrogen-bond acceptors (Lipinski definition) is 5. The number of aliphatic hydroxyl groups is 1. The molecule has 3 unspecified atom stereocenters. The quantitative estimate of drug-likeness (QED) is 0.503. The third kappa shape index (κ3) is 7.28. The SMILES string of the molecule is CCCCCCCCCC(=O)C(C(O)c1ccccc1)C(N)N1CCOCC1. The first-order chi connectivity index (χ1) is 13.6. The summed E-state index contributed by atoms with van der Waals surface area (Å²) in [5.74, 6) is -0.538.